The second kappa shape index (κ2) is 6.97. The number of cyclic esters (lactones) is 1. The van der Waals surface area contributed by atoms with Crippen LogP contribution in [0.2, 0.25) is 0 Å². The molecule has 1 aliphatic heterocycles. The molecule has 0 radical (unpaired) electrons. The van der Waals surface area contributed by atoms with E-state index in [1.165, 1.54) is 4.80 Å². The number of rotatable bonds is 4. The van der Waals surface area contributed by atoms with Crippen LogP contribution < -0.4 is 4.90 Å². The Labute approximate surface area is 158 Å². The number of ether oxygens (including phenoxy) is 1. The Balaban J connectivity index is 1.64. The number of carbonyl (C=O) groups excluding carboxylic acids is 1. The van der Waals surface area contributed by atoms with Crippen molar-refractivity contribution in [2.45, 2.75) is 6.10 Å². The molecule has 10 heteroatoms. The molecule has 1 saturated heterocycles. The topological polar surface area (TPSA) is 93.4 Å². The summed E-state index contributed by atoms with van der Waals surface area (Å²) in [6, 6.07) is 8.53. The Hall–Kier alpha value is -3.40. The summed E-state index contributed by atoms with van der Waals surface area (Å²) in [6.07, 6.45) is -1.48. The van der Waals surface area contributed by atoms with Gasteiger partial charge >= 0.3 is 6.09 Å². The van der Waals surface area contributed by atoms with Crippen molar-refractivity contribution in [1.82, 2.24) is 20.2 Å². The van der Waals surface area contributed by atoms with E-state index in [1.807, 2.05) is 0 Å². The van der Waals surface area contributed by atoms with Crippen molar-refractivity contribution in [1.29, 1.82) is 0 Å². The molecular weight excluding hydrogens is 372 g/mol. The number of benzene rings is 2. The van der Waals surface area contributed by atoms with Crippen molar-refractivity contribution in [3.63, 3.8) is 0 Å². The Morgan fingerprint density at radius 3 is 2.36 bits per heavy atom. The molecule has 4 rings (SSSR count). The summed E-state index contributed by atoms with van der Waals surface area (Å²) in [5.41, 5.74) is 0.796. The van der Waals surface area contributed by atoms with E-state index in [-0.39, 0.29) is 24.4 Å². The number of aryl methyl sites for hydroxylation is 1. The molecule has 1 amide bonds. The molecule has 0 spiro atoms. The van der Waals surface area contributed by atoms with E-state index in [2.05, 4.69) is 15.4 Å². The fourth-order valence-corrected chi connectivity index (χ4v) is 3.00. The molecule has 1 aromatic heterocycles. The SMILES string of the molecule is Cn1nnc(-c2ccc(-c3c(F)cc(N4C[C@H](CO)OC4=O)cc3F)cc2)n1. The van der Waals surface area contributed by atoms with Gasteiger partial charge < -0.3 is 9.84 Å². The standard InChI is InChI=1S/C18H15F2N5O3/c1-24-22-17(21-23-24)11-4-2-10(3-5-11)16-14(19)6-12(7-15(16)20)25-8-13(9-26)28-18(25)27/h2-7,13,26H,8-9H2,1H3/t13-/m1/s1. The zero-order valence-corrected chi connectivity index (χ0v) is 14.7. The largest absolute Gasteiger partial charge is 0.441 e. The smallest absolute Gasteiger partial charge is 0.414 e. The van der Waals surface area contributed by atoms with Crippen LogP contribution in [0.1, 0.15) is 0 Å². The Morgan fingerprint density at radius 2 is 1.82 bits per heavy atom. The van der Waals surface area contributed by atoms with E-state index in [9.17, 15) is 13.6 Å². The van der Waals surface area contributed by atoms with Crippen LogP contribution in [0.5, 0.6) is 0 Å². The third-order valence-corrected chi connectivity index (χ3v) is 4.36. The molecule has 1 fully saturated rings. The van der Waals surface area contributed by atoms with E-state index >= 15 is 0 Å². The van der Waals surface area contributed by atoms with Crippen LogP contribution in [0.15, 0.2) is 36.4 Å². The monoisotopic (exact) mass is 387 g/mol. The maximum atomic E-state index is 14.7. The normalized spacial score (nSPS) is 16.5. The van der Waals surface area contributed by atoms with Crippen molar-refractivity contribution in [2.24, 2.45) is 7.05 Å². The Kier molecular flexibility index (Phi) is 4.47. The van der Waals surface area contributed by atoms with Crippen molar-refractivity contribution >= 4 is 11.8 Å². The highest BCUT2D eigenvalue weighted by Crippen LogP contribution is 2.32. The molecule has 2 aromatic carbocycles. The highest BCUT2D eigenvalue weighted by atomic mass is 19.1. The molecule has 0 unspecified atom stereocenters. The van der Waals surface area contributed by atoms with Crippen LogP contribution in [0.25, 0.3) is 22.5 Å². The fourth-order valence-electron chi connectivity index (χ4n) is 3.00. The summed E-state index contributed by atoms with van der Waals surface area (Å²) in [4.78, 5) is 14.2. The first-order chi connectivity index (χ1) is 13.5. The van der Waals surface area contributed by atoms with Gasteiger partial charge in [0.05, 0.1) is 31.5 Å². The average Bonchev–Trinajstić information content (AvgIpc) is 3.27. The maximum Gasteiger partial charge on any atom is 0.414 e. The molecule has 1 N–H and O–H groups in total. The number of hydrogen-bond acceptors (Lipinski definition) is 6. The zero-order valence-electron chi connectivity index (χ0n) is 14.7. The molecule has 0 bridgehead atoms. The molecule has 1 atom stereocenters. The zero-order chi connectivity index (χ0) is 19.8. The maximum absolute atomic E-state index is 14.7. The quantitative estimate of drug-likeness (QED) is 0.737. The van der Waals surface area contributed by atoms with E-state index in [0.29, 0.717) is 17.0 Å². The molecule has 0 aliphatic carbocycles. The van der Waals surface area contributed by atoms with Crippen LogP contribution in [0.4, 0.5) is 19.3 Å². The molecule has 2 heterocycles. The lowest BCUT2D eigenvalue weighted by atomic mass is 10.0. The molecule has 144 valence electrons. The molecular formula is C18H15F2N5O3. The van der Waals surface area contributed by atoms with Crippen molar-refractivity contribution in [3.05, 3.63) is 48.0 Å². The van der Waals surface area contributed by atoms with Gasteiger partial charge in [0.25, 0.3) is 0 Å². The van der Waals surface area contributed by atoms with Gasteiger partial charge in [0.1, 0.15) is 17.7 Å². The van der Waals surface area contributed by atoms with E-state index in [4.69, 9.17) is 9.84 Å². The van der Waals surface area contributed by atoms with Gasteiger partial charge in [0, 0.05) is 5.56 Å². The first-order valence-corrected chi connectivity index (χ1v) is 8.39. The number of halogens is 2. The van der Waals surface area contributed by atoms with Crippen molar-refractivity contribution < 1.29 is 23.4 Å². The van der Waals surface area contributed by atoms with Crippen LogP contribution in [0.3, 0.4) is 0 Å². The fraction of sp³-hybridized carbons (Fsp3) is 0.222. The molecule has 1 aliphatic rings. The van der Waals surface area contributed by atoms with Gasteiger partial charge in [-0.15, -0.1) is 10.2 Å². The number of aliphatic hydroxyl groups is 1. The third kappa shape index (κ3) is 3.18. The number of tetrazole rings is 1. The van der Waals surface area contributed by atoms with Gasteiger partial charge in [-0.05, 0) is 22.9 Å². The van der Waals surface area contributed by atoms with Gasteiger partial charge in [-0.2, -0.15) is 4.80 Å². The predicted octanol–water partition coefficient (Wildman–Crippen LogP) is 2.14. The van der Waals surface area contributed by atoms with Gasteiger partial charge in [-0.25, -0.2) is 13.6 Å². The number of anilines is 1. The molecule has 3 aromatic rings. The number of aliphatic hydroxyl groups excluding tert-OH is 1. The number of aromatic nitrogens is 4. The minimum absolute atomic E-state index is 0.0212. The number of carbonyl (C=O) groups is 1. The minimum atomic E-state index is -0.819. The summed E-state index contributed by atoms with van der Waals surface area (Å²) in [5.74, 6) is -1.24. The summed E-state index contributed by atoms with van der Waals surface area (Å²) >= 11 is 0. The van der Waals surface area contributed by atoms with Crippen LogP contribution >= 0.6 is 0 Å². The van der Waals surface area contributed by atoms with Gasteiger partial charge in [0.2, 0.25) is 5.82 Å². The lowest BCUT2D eigenvalue weighted by Crippen LogP contribution is -2.25. The summed E-state index contributed by atoms with van der Waals surface area (Å²) < 4.78 is 34.3. The second-order valence-corrected chi connectivity index (χ2v) is 6.26. The van der Waals surface area contributed by atoms with Crippen LogP contribution in [-0.2, 0) is 11.8 Å². The third-order valence-electron chi connectivity index (χ3n) is 4.36. The van der Waals surface area contributed by atoms with E-state index in [1.54, 1.807) is 31.3 Å². The highest BCUT2D eigenvalue weighted by molar-refractivity contribution is 5.90. The number of nitrogens with zero attached hydrogens (tertiary/aromatic N) is 5. The molecule has 8 nitrogen and oxygen atoms in total. The van der Waals surface area contributed by atoms with E-state index < -0.39 is 23.8 Å². The van der Waals surface area contributed by atoms with Gasteiger partial charge in [0.15, 0.2) is 0 Å². The second-order valence-electron chi connectivity index (χ2n) is 6.26. The Bertz CT molecular complexity index is 1010. The summed E-state index contributed by atoms with van der Waals surface area (Å²) in [5, 5.41) is 20.8. The number of amides is 1. The summed E-state index contributed by atoms with van der Waals surface area (Å²) in [6.45, 7) is -0.342. The van der Waals surface area contributed by atoms with Gasteiger partial charge in [-0.3, -0.25) is 4.90 Å². The first kappa shape index (κ1) is 18.0. The van der Waals surface area contributed by atoms with Crippen molar-refractivity contribution in [2.75, 3.05) is 18.1 Å². The average molecular weight is 387 g/mol. The highest BCUT2D eigenvalue weighted by Gasteiger charge is 2.32. The predicted molar refractivity (Wildman–Crippen MR) is 94.3 cm³/mol. The van der Waals surface area contributed by atoms with E-state index in [0.717, 1.165) is 17.0 Å². The lowest BCUT2D eigenvalue weighted by Gasteiger charge is -2.15. The minimum Gasteiger partial charge on any atom is -0.441 e. The number of hydrogen-bond donors (Lipinski definition) is 1. The molecule has 0 saturated carbocycles. The molecule has 28 heavy (non-hydrogen) atoms. The first-order valence-electron chi connectivity index (χ1n) is 8.39. The van der Waals surface area contributed by atoms with Crippen molar-refractivity contribution in [3.8, 4) is 22.5 Å². The Morgan fingerprint density at radius 1 is 1.18 bits per heavy atom. The van der Waals surface area contributed by atoms with Gasteiger partial charge in [-0.1, -0.05) is 24.3 Å². The van der Waals surface area contributed by atoms with Crippen LogP contribution in [0, 0.1) is 11.6 Å². The summed E-state index contributed by atoms with van der Waals surface area (Å²) in [7, 11) is 1.64. The van der Waals surface area contributed by atoms with Crippen LogP contribution in [-0.4, -0.2) is 50.7 Å². The lowest BCUT2D eigenvalue weighted by molar-refractivity contribution is 0.0963.